The largest absolute Gasteiger partial charge is 0.355 e. The zero-order valence-corrected chi connectivity index (χ0v) is 15.2. The highest BCUT2D eigenvalue weighted by molar-refractivity contribution is 7.88. The van der Waals surface area contributed by atoms with Crippen molar-refractivity contribution in [3.63, 3.8) is 0 Å². The standard InChI is InChI=1S/C13H20N6O3S2/c1-9-15-16-13-19(9)17-11(23-13)3-6-14-12(20)10-4-7-18(8-5-10)24(2,21)22/h10H,3-8H2,1-2H3,(H,14,20). The number of sulfonamides is 1. The molecule has 24 heavy (non-hydrogen) atoms. The second kappa shape index (κ2) is 6.73. The summed E-state index contributed by atoms with van der Waals surface area (Å²) in [6.07, 6.45) is 2.97. The zero-order valence-electron chi connectivity index (χ0n) is 13.6. The van der Waals surface area contributed by atoms with Crippen molar-refractivity contribution >= 4 is 32.2 Å². The third-order valence-corrected chi connectivity index (χ3v) is 6.38. The summed E-state index contributed by atoms with van der Waals surface area (Å²) in [5.74, 6) is 0.611. The van der Waals surface area contributed by atoms with Crippen LogP contribution < -0.4 is 5.32 Å². The van der Waals surface area contributed by atoms with Crippen molar-refractivity contribution in [1.29, 1.82) is 0 Å². The number of rotatable bonds is 5. The lowest BCUT2D eigenvalue weighted by Gasteiger charge is -2.29. The quantitative estimate of drug-likeness (QED) is 0.780. The molecule has 1 amide bonds. The number of fused-ring (bicyclic) bond motifs is 1. The molecule has 1 aliphatic heterocycles. The van der Waals surface area contributed by atoms with Crippen molar-refractivity contribution in [3.8, 4) is 0 Å². The molecule has 1 N–H and O–H groups in total. The Labute approximate surface area is 144 Å². The van der Waals surface area contributed by atoms with Crippen LogP contribution in [0.15, 0.2) is 0 Å². The first kappa shape index (κ1) is 17.2. The van der Waals surface area contributed by atoms with E-state index in [4.69, 9.17) is 0 Å². The van der Waals surface area contributed by atoms with Gasteiger partial charge in [0.25, 0.3) is 0 Å². The first-order valence-electron chi connectivity index (χ1n) is 7.75. The summed E-state index contributed by atoms with van der Waals surface area (Å²) < 4.78 is 26.1. The van der Waals surface area contributed by atoms with E-state index in [-0.39, 0.29) is 11.8 Å². The fourth-order valence-corrected chi connectivity index (χ4v) is 4.49. The summed E-state index contributed by atoms with van der Waals surface area (Å²) >= 11 is 1.46. The van der Waals surface area contributed by atoms with E-state index >= 15 is 0 Å². The summed E-state index contributed by atoms with van der Waals surface area (Å²) in [4.78, 5) is 12.9. The van der Waals surface area contributed by atoms with Crippen LogP contribution in [0.5, 0.6) is 0 Å². The van der Waals surface area contributed by atoms with Gasteiger partial charge in [0.15, 0.2) is 5.82 Å². The molecule has 11 heteroatoms. The van der Waals surface area contributed by atoms with Gasteiger partial charge in [0.05, 0.1) is 6.26 Å². The van der Waals surface area contributed by atoms with Crippen LogP contribution in [0.3, 0.4) is 0 Å². The van der Waals surface area contributed by atoms with Crippen molar-refractivity contribution in [1.82, 2.24) is 29.4 Å². The van der Waals surface area contributed by atoms with Crippen LogP contribution in [0.4, 0.5) is 0 Å². The Balaban J connectivity index is 1.46. The molecule has 3 rings (SSSR count). The van der Waals surface area contributed by atoms with Gasteiger partial charge in [-0.1, -0.05) is 11.3 Å². The van der Waals surface area contributed by atoms with Crippen LogP contribution in [0.1, 0.15) is 23.7 Å². The van der Waals surface area contributed by atoms with Gasteiger partial charge < -0.3 is 5.32 Å². The van der Waals surface area contributed by atoms with Crippen LogP contribution >= 0.6 is 11.3 Å². The van der Waals surface area contributed by atoms with E-state index in [1.807, 2.05) is 6.92 Å². The second-order valence-corrected chi connectivity index (χ2v) is 8.94. The number of hydrogen-bond donors (Lipinski definition) is 1. The molecule has 3 heterocycles. The average molecular weight is 372 g/mol. The Bertz CT molecular complexity index is 835. The van der Waals surface area contributed by atoms with Gasteiger partial charge >= 0.3 is 0 Å². The van der Waals surface area contributed by atoms with Gasteiger partial charge in [-0.05, 0) is 19.8 Å². The van der Waals surface area contributed by atoms with Crippen LogP contribution in [-0.4, -0.2) is 64.3 Å². The molecule has 0 radical (unpaired) electrons. The van der Waals surface area contributed by atoms with Crippen molar-refractivity contribution in [2.75, 3.05) is 25.9 Å². The van der Waals surface area contributed by atoms with Crippen molar-refractivity contribution < 1.29 is 13.2 Å². The summed E-state index contributed by atoms with van der Waals surface area (Å²) in [5.41, 5.74) is 0. The minimum Gasteiger partial charge on any atom is -0.355 e. The van der Waals surface area contributed by atoms with Gasteiger partial charge in [-0.25, -0.2) is 12.7 Å². The van der Waals surface area contributed by atoms with E-state index in [0.29, 0.717) is 38.9 Å². The van der Waals surface area contributed by atoms with E-state index < -0.39 is 10.0 Å². The fourth-order valence-electron chi connectivity index (χ4n) is 2.74. The maximum absolute atomic E-state index is 12.2. The Morgan fingerprint density at radius 1 is 1.33 bits per heavy atom. The number of nitrogens with one attached hydrogen (secondary N) is 1. The molecular formula is C13H20N6O3S2. The lowest BCUT2D eigenvalue weighted by molar-refractivity contribution is -0.126. The number of aromatic nitrogens is 4. The highest BCUT2D eigenvalue weighted by Crippen LogP contribution is 2.19. The van der Waals surface area contributed by atoms with E-state index in [9.17, 15) is 13.2 Å². The molecule has 132 valence electrons. The van der Waals surface area contributed by atoms with Gasteiger partial charge in [0.2, 0.25) is 20.9 Å². The number of carbonyl (C=O) groups is 1. The van der Waals surface area contributed by atoms with Crippen LogP contribution in [0, 0.1) is 12.8 Å². The highest BCUT2D eigenvalue weighted by Gasteiger charge is 2.28. The zero-order chi connectivity index (χ0) is 17.3. The van der Waals surface area contributed by atoms with Crippen molar-refractivity contribution in [2.45, 2.75) is 26.2 Å². The Morgan fingerprint density at radius 2 is 2.04 bits per heavy atom. The molecule has 0 atom stereocenters. The lowest BCUT2D eigenvalue weighted by Crippen LogP contribution is -2.42. The highest BCUT2D eigenvalue weighted by atomic mass is 32.2. The first-order chi connectivity index (χ1) is 11.3. The maximum Gasteiger partial charge on any atom is 0.234 e. The number of nitrogens with zero attached hydrogens (tertiary/aromatic N) is 5. The third kappa shape index (κ3) is 3.73. The third-order valence-electron chi connectivity index (χ3n) is 4.12. The molecule has 0 spiro atoms. The van der Waals surface area contributed by atoms with Gasteiger partial charge in [-0.3, -0.25) is 4.79 Å². The monoisotopic (exact) mass is 372 g/mol. The van der Waals surface area contributed by atoms with E-state index in [1.54, 1.807) is 4.52 Å². The van der Waals surface area contributed by atoms with Crippen LogP contribution in [0.2, 0.25) is 0 Å². The minimum atomic E-state index is -3.16. The summed E-state index contributed by atoms with van der Waals surface area (Å²) in [6.45, 7) is 3.17. The molecule has 0 saturated carbocycles. The van der Waals surface area contributed by atoms with Gasteiger partial charge in [-0.15, -0.1) is 10.2 Å². The lowest BCUT2D eigenvalue weighted by atomic mass is 9.97. The molecular weight excluding hydrogens is 352 g/mol. The average Bonchev–Trinajstić information content (AvgIpc) is 3.08. The summed E-state index contributed by atoms with van der Waals surface area (Å²) in [7, 11) is -3.16. The molecule has 0 bridgehead atoms. The minimum absolute atomic E-state index is 0.0117. The molecule has 1 aliphatic rings. The summed E-state index contributed by atoms with van der Waals surface area (Å²) in [6, 6.07) is 0. The molecule has 1 saturated heterocycles. The van der Waals surface area contributed by atoms with E-state index in [2.05, 4.69) is 20.6 Å². The topological polar surface area (TPSA) is 110 Å². The van der Waals surface area contributed by atoms with Crippen molar-refractivity contribution in [2.24, 2.45) is 5.92 Å². The number of carbonyl (C=O) groups excluding carboxylic acids is 1. The van der Waals surface area contributed by atoms with E-state index in [1.165, 1.54) is 21.9 Å². The smallest absolute Gasteiger partial charge is 0.234 e. The number of hydrogen-bond acceptors (Lipinski definition) is 7. The molecule has 0 aromatic carbocycles. The predicted octanol–water partition coefficient (Wildman–Crippen LogP) is -0.175. The Morgan fingerprint density at radius 3 is 2.67 bits per heavy atom. The maximum atomic E-state index is 12.2. The van der Waals surface area contributed by atoms with Gasteiger partial charge in [0, 0.05) is 32.0 Å². The Kier molecular flexibility index (Phi) is 4.83. The summed E-state index contributed by atoms with van der Waals surface area (Å²) in [5, 5.41) is 16.2. The SMILES string of the molecule is Cc1nnc2sc(CCNC(=O)C3CCN(S(C)(=O)=O)CC3)nn12. The normalized spacial score (nSPS) is 17.4. The van der Waals surface area contributed by atoms with Crippen LogP contribution in [0.25, 0.3) is 4.96 Å². The van der Waals surface area contributed by atoms with Gasteiger partial charge in [-0.2, -0.15) is 9.61 Å². The molecule has 2 aromatic heterocycles. The fraction of sp³-hybridized carbons (Fsp3) is 0.692. The molecule has 0 unspecified atom stereocenters. The molecule has 9 nitrogen and oxygen atoms in total. The Hall–Kier alpha value is -1.59. The first-order valence-corrected chi connectivity index (χ1v) is 10.4. The number of piperidine rings is 1. The van der Waals surface area contributed by atoms with Crippen LogP contribution in [-0.2, 0) is 21.2 Å². The van der Waals surface area contributed by atoms with Gasteiger partial charge in [0.1, 0.15) is 5.01 Å². The number of amides is 1. The predicted molar refractivity (Wildman–Crippen MR) is 89.3 cm³/mol. The van der Waals surface area contributed by atoms with Crippen molar-refractivity contribution in [3.05, 3.63) is 10.8 Å². The second-order valence-electron chi connectivity index (χ2n) is 5.91. The van der Waals surface area contributed by atoms with E-state index in [0.717, 1.165) is 15.8 Å². The molecule has 2 aromatic rings. The number of aryl methyl sites for hydroxylation is 1. The molecule has 1 fully saturated rings. The molecule has 0 aliphatic carbocycles.